The predicted molar refractivity (Wildman–Crippen MR) is 73.9 cm³/mol. The van der Waals surface area contributed by atoms with Crippen LogP contribution in [0.15, 0.2) is 24.3 Å². The summed E-state index contributed by atoms with van der Waals surface area (Å²) in [5, 5.41) is 3.25. The summed E-state index contributed by atoms with van der Waals surface area (Å²) >= 11 is 0. The average molecular weight is 247 g/mol. The monoisotopic (exact) mass is 247 g/mol. The van der Waals surface area contributed by atoms with Crippen LogP contribution in [-0.4, -0.2) is 50.6 Å². The van der Waals surface area contributed by atoms with E-state index in [4.69, 9.17) is 0 Å². The quantitative estimate of drug-likeness (QED) is 0.860. The summed E-state index contributed by atoms with van der Waals surface area (Å²) in [7, 11) is 1.96. The number of carbonyl (C=O) groups is 1. The minimum atomic E-state index is 0.208. The smallest absolute Gasteiger partial charge is 0.242 e. The number of likely N-dealkylation sites (N-methyl/N-ethyl adjacent to an activating group) is 1. The summed E-state index contributed by atoms with van der Waals surface area (Å²) in [5.74, 6) is 0.208. The standard InChI is InChI=1S/C14H21N3O/c1-12-3-5-13(6-4-12)16(2)11-14(18)17-9-7-15-8-10-17/h3-6,15H,7-11H2,1-2H3. The predicted octanol–water partition coefficient (Wildman–Crippen LogP) is 0.863. The molecule has 1 aromatic carbocycles. The van der Waals surface area contributed by atoms with Gasteiger partial charge in [-0.2, -0.15) is 0 Å². The Morgan fingerprint density at radius 1 is 1.28 bits per heavy atom. The van der Waals surface area contributed by atoms with Crippen LogP contribution >= 0.6 is 0 Å². The van der Waals surface area contributed by atoms with E-state index in [9.17, 15) is 4.79 Å². The number of aryl methyl sites for hydroxylation is 1. The number of amides is 1. The maximum Gasteiger partial charge on any atom is 0.242 e. The molecule has 0 bridgehead atoms. The van der Waals surface area contributed by atoms with Gasteiger partial charge in [-0.3, -0.25) is 4.79 Å². The molecule has 0 unspecified atom stereocenters. The Bertz CT molecular complexity index is 396. The van der Waals surface area contributed by atoms with Crippen molar-refractivity contribution >= 4 is 11.6 Å². The highest BCUT2D eigenvalue weighted by Gasteiger charge is 2.17. The fourth-order valence-electron chi connectivity index (χ4n) is 2.11. The molecule has 0 radical (unpaired) electrons. The lowest BCUT2D eigenvalue weighted by Crippen LogP contribution is -2.49. The van der Waals surface area contributed by atoms with Gasteiger partial charge in [0, 0.05) is 38.9 Å². The largest absolute Gasteiger partial charge is 0.365 e. The van der Waals surface area contributed by atoms with E-state index < -0.39 is 0 Å². The van der Waals surface area contributed by atoms with Crippen LogP contribution in [0.1, 0.15) is 5.56 Å². The van der Waals surface area contributed by atoms with Gasteiger partial charge < -0.3 is 15.1 Å². The Hall–Kier alpha value is -1.55. The third-order valence-electron chi connectivity index (χ3n) is 3.32. The van der Waals surface area contributed by atoms with E-state index in [0.717, 1.165) is 31.9 Å². The first kappa shape index (κ1) is 12.9. The molecule has 1 amide bonds. The second-order valence-electron chi connectivity index (χ2n) is 4.82. The average Bonchev–Trinajstić information content (AvgIpc) is 2.40. The maximum atomic E-state index is 12.1. The van der Waals surface area contributed by atoms with Crippen molar-refractivity contribution in [2.45, 2.75) is 6.92 Å². The van der Waals surface area contributed by atoms with Crippen molar-refractivity contribution in [1.29, 1.82) is 0 Å². The fourth-order valence-corrected chi connectivity index (χ4v) is 2.11. The van der Waals surface area contributed by atoms with E-state index in [1.807, 2.05) is 16.8 Å². The first-order chi connectivity index (χ1) is 8.66. The number of nitrogens with zero attached hydrogens (tertiary/aromatic N) is 2. The molecule has 2 rings (SSSR count). The van der Waals surface area contributed by atoms with Gasteiger partial charge in [0.25, 0.3) is 0 Å². The highest BCUT2D eigenvalue weighted by atomic mass is 16.2. The van der Waals surface area contributed by atoms with Crippen molar-refractivity contribution in [1.82, 2.24) is 10.2 Å². The molecular weight excluding hydrogens is 226 g/mol. The minimum absolute atomic E-state index is 0.208. The second kappa shape index (κ2) is 5.87. The van der Waals surface area contributed by atoms with Crippen LogP contribution in [0.2, 0.25) is 0 Å². The van der Waals surface area contributed by atoms with Crippen molar-refractivity contribution in [3.63, 3.8) is 0 Å². The molecule has 0 atom stereocenters. The van der Waals surface area contributed by atoms with Gasteiger partial charge in [0.1, 0.15) is 0 Å². The summed E-state index contributed by atoms with van der Waals surface area (Å²) in [5.41, 5.74) is 2.32. The zero-order chi connectivity index (χ0) is 13.0. The number of rotatable bonds is 3. The van der Waals surface area contributed by atoms with Gasteiger partial charge in [-0.25, -0.2) is 0 Å². The Kier molecular flexibility index (Phi) is 4.20. The molecule has 0 saturated carbocycles. The van der Waals surface area contributed by atoms with E-state index in [1.165, 1.54) is 5.56 Å². The zero-order valence-corrected chi connectivity index (χ0v) is 11.1. The van der Waals surface area contributed by atoms with Gasteiger partial charge in [-0.1, -0.05) is 17.7 Å². The molecule has 18 heavy (non-hydrogen) atoms. The molecule has 1 fully saturated rings. The molecule has 1 aliphatic rings. The zero-order valence-electron chi connectivity index (χ0n) is 11.1. The van der Waals surface area contributed by atoms with Crippen molar-refractivity contribution < 1.29 is 4.79 Å². The SMILES string of the molecule is Cc1ccc(N(C)CC(=O)N2CCNCC2)cc1. The highest BCUT2D eigenvalue weighted by molar-refractivity contribution is 5.81. The van der Waals surface area contributed by atoms with Crippen molar-refractivity contribution in [3.8, 4) is 0 Å². The Labute approximate surface area is 109 Å². The first-order valence-corrected chi connectivity index (χ1v) is 6.43. The van der Waals surface area contributed by atoms with Crippen LogP contribution in [-0.2, 0) is 4.79 Å². The van der Waals surface area contributed by atoms with Crippen molar-refractivity contribution in [2.24, 2.45) is 0 Å². The topological polar surface area (TPSA) is 35.6 Å². The van der Waals surface area contributed by atoms with Gasteiger partial charge in [-0.15, -0.1) is 0 Å². The van der Waals surface area contributed by atoms with E-state index in [-0.39, 0.29) is 5.91 Å². The lowest BCUT2D eigenvalue weighted by atomic mass is 10.2. The molecule has 1 aromatic rings. The van der Waals surface area contributed by atoms with Crippen LogP contribution in [0.4, 0.5) is 5.69 Å². The molecular formula is C14H21N3O. The molecule has 0 aromatic heterocycles. The third kappa shape index (κ3) is 3.23. The van der Waals surface area contributed by atoms with Crippen LogP contribution in [0.3, 0.4) is 0 Å². The summed E-state index contributed by atoms with van der Waals surface area (Å²) in [6.07, 6.45) is 0. The number of anilines is 1. The maximum absolute atomic E-state index is 12.1. The lowest BCUT2D eigenvalue weighted by Gasteiger charge is -2.29. The number of piperazine rings is 1. The summed E-state index contributed by atoms with van der Waals surface area (Å²) in [6.45, 7) is 5.96. The van der Waals surface area contributed by atoms with Gasteiger partial charge in [0.15, 0.2) is 0 Å². The molecule has 1 N–H and O–H groups in total. The summed E-state index contributed by atoms with van der Waals surface area (Å²) in [4.78, 5) is 16.0. The molecule has 0 spiro atoms. The van der Waals surface area contributed by atoms with Crippen molar-refractivity contribution in [3.05, 3.63) is 29.8 Å². The van der Waals surface area contributed by atoms with E-state index in [2.05, 4.69) is 36.5 Å². The van der Waals surface area contributed by atoms with Crippen molar-refractivity contribution in [2.75, 3.05) is 44.7 Å². The minimum Gasteiger partial charge on any atom is -0.365 e. The van der Waals surface area contributed by atoms with Gasteiger partial charge >= 0.3 is 0 Å². The molecule has 0 aliphatic carbocycles. The Morgan fingerprint density at radius 3 is 2.50 bits per heavy atom. The highest BCUT2D eigenvalue weighted by Crippen LogP contribution is 2.13. The van der Waals surface area contributed by atoms with E-state index in [1.54, 1.807) is 0 Å². The molecule has 98 valence electrons. The van der Waals surface area contributed by atoms with Crippen LogP contribution in [0, 0.1) is 6.92 Å². The second-order valence-corrected chi connectivity index (χ2v) is 4.82. The Morgan fingerprint density at radius 2 is 1.89 bits per heavy atom. The molecule has 1 saturated heterocycles. The lowest BCUT2D eigenvalue weighted by molar-refractivity contribution is -0.130. The van der Waals surface area contributed by atoms with E-state index in [0.29, 0.717) is 6.54 Å². The summed E-state index contributed by atoms with van der Waals surface area (Å²) < 4.78 is 0. The van der Waals surface area contributed by atoms with Crippen LogP contribution in [0.5, 0.6) is 0 Å². The third-order valence-corrected chi connectivity index (χ3v) is 3.32. The normalized spacial score (nSPS) is 15.6. The first-order valence-electron chi connectivity index (χ1n) is 6.43. The van der Waals surface area contributed by atoms with Gasteiger partial charge in [-0.05, 0) is 19.1 Å². The van der Waals surface area contributed by atoms with Gasteiger partial charge in [0.2, 0.25) is 5.91 Å². The molecule has 4 nitrogen and oxygen atoms in total. The Balaban J connectivity index is 1.91. The number of carbonyl (C=O) groups excluding carboxylic acids is 1. The van der Waals surface area contributed by atoms with Gasteiger partial charge in [0.05, 0.1) is 6.54 Å². The number of hydrogen-bond acceptors (Lipinski definition) is 3. The molecule has 4 heteroatoms. The van der Waals surface area contributed by atoms with Crippen LogP contribution in [0.25, 0.3) is 0 Å². The summed E-state index contributed by atoms with van der Waals surface area (Å²) in [6, 6.07) is 8.25. The molecule has 1 heterocycles. The number of nitrogens with one attached hydrogen (secondary N) is 1. The molecule has 1 aliphatic heterocycles. The van der Waals surface area contributed by atoms with E-state index >= 15 is 0 Å². The van der Waals surface area contributed by atoms with Crippen LogP contribution < -0.4 is 10.2 Å². The number of benzene rings is 1. The number of hydrogen-bond donors (Lipinski definition) is 1. The fraction of sp³-hybridized carbons (Fsp3) is 0.500.